The Morgan fingerprint density at radius 2 is 2.05 bits per heavy atom. The molecule has 0 bridgehead atoms. The summed E-state index contributed by atoms with van der Waals surface area (Å²) in [5.41, 5.74) is 2.89. The topological polar surface area (TPSA) is 12.0 Å². The third-order valence-corrected chi connectivity index (χ3v) is 4.54. The third-order valence-electron chi connectivity index (χ3n) is 4.04. The number of halogens is 1. The number of rotatable bonds is 5. The molecule has 1 nitrogen and oxygen atoms in total. The molecule has 1 saturated carbocycles. The van der Waals surface area contributed by atoms with Gasteiger partial charge in [-0.3, -0.25) is 0 Å². The van der Waals surface area contributed by atoms with E-state index in [0.29, 0.717) is 6.04 Å². The lowest BCUT2D eigenvalue weighted by Gasteiger charge is -2.25. The van der Waals surface area contributed by atoms with Crippen LogP contribution in [0.15, 0.2) is 34.3 Å². The molecule has 0 radical (unpaired) electrons. The first-order valence-electron chi connectivity index (χ1n) is 7.84. The van der Waals surface area contributed by atoms with Crippen LogP contribution in [0.1, 0.15) is 51.5 Å². The number of benzene rings is 1. The van der Waals surface area contributed by atoms with E-state index >= 15 is 0 Å². The van der Waals surface area contributed by atoms with Crippen molar-refractivity contribution < 1.29 is 0 Å². The molecule has 0 aromatic heterocycles. The Morgan fingerprint density at radius 3 is 2.70 bits per heavy atom. The highest BCUT2D eigenvalue weighted by Gasteiger charge is 2.17. The summed E-state index contributed by atoms with van der Waals surface area (Å²) in [5.74, 6) is 0.772. The Labute approximate surface area is 132 Å². The van der Waals surface area contributed by atoms with Crippen LogP contribution in [0, 0.1) is 5.92 Å². The second-order valence-electron chi connectivity index (χ2n) is 6.14. The van der Waals surface area contributed by atoms with E-state index in [1.165, 1.54) is 37.7 Å². The molecule has 110 valence electrons. The van der Waals surface area contributed by atoms with Crippen molar-refractivity contribution >= 4 is 22.0 Å². The van der Waals surface area contributed by atoms with Crippen molar-refractivity contribution in [2.24, 2.45) is 5.92 Å². The summed E-state index contributed by atoms with van der Waals surface area (Å²) < 4.78 is 1.16. The van der Waals surface area contributed by atoms with Crippen LogP contribution in [0.3, 0.4) is 0 Å². The molecule has 1 aromatic carbocycles. The zero-order chi connectivity index (χ0) is 14.4. The predicted octanol–water partition coefficient (Wildman–Crippen LogP) is 5.41. The van der Waals surface area contributed by atoms with Gasteiger partial charge in [0.15, 0.2) is 0 Å². The lowest BCUT2D eigenvalue weighted by atomic mass is 9.83. The lowest BCUT2D eigenvalue weighted by Crippen LogP contribution is -2.27. The van der Waals surface area contributed by atoms with Gasteiger partial charge in [-0.1, -0.05) is 72.8 Å². The largest absolute Gasteiger partial charge is 0.311 e. The van der Waals surface area contributed by atoms with Crippen LogP contribution in [0.5, 0.6) is 0 Å². The smallest absolute Gasteiger partial charge is 0.0181 e. The van der Waals surface area contributed by atoms with Crippen molar-refractivity contribution in [3.63, 3.8) is 0 Å². The van der Waals surface area contributed by atoms with E-state index in [0.717, 1.165) is 16.9 Å². The summed E-state index contributed by atoms with van der Waals surface area (Å²) in [4.78, 5) is 0. The molecule has 20 heavy (non-hydrogen) atoms. The molecule has 0 unspecified atom stereocenters. The standard InChI is InChI=1S/C18H26BrN/c1-14(2)20-13-17(16-8-4-3-5-9-16)11-15-7-6-10-18(19)12-15/h6-7,10-12,14,16,20H,3-5,8-9,13H2,1-2H3/b17-11-. The summed E-state index contributed by atoms with van der Waals surface area (Å²) in [5, 5.41) is 3.60. The number of hydrogen-bond donors (Lipinski definition) is 1. The summed E-state index contributed by atoms with van der Waals surface area (Å²) in [6, 6.07) is 9.15. The molecule has 0 heterocycles. The van der Waals surface area contributed by atoms with E-state index in [1.54, 1.807) is 5.57 Å². The van der Waals surface area contributed by atoms with Crippen molar-refractivity contribution in [1.29, 1.82) is 0 Å². The van der Waals surface area contributed by atoms with E-state index in [-0.39, 0.29) is 0 Å². The summed E-state index contributed by atoms with van der Waals surface area (Å²) in [6.07, 6.45) is 9.32. The molecule has 0 amide bonds. The first-order chi connectivity index (χ1) is 9.65. The van der Waals surface area contributed by atoms with E-state index in [4.69, 9.17) is 0 Å². The highest BCUT2D eigenvalue weighted by Crippen LogP contribution is 2.31. The minimum absolute atomic E-state index is 0.546. The van der Waals surface area contributed by atoms with Crippen molar-refractivity contribution in [3.05, 3.63) is 39.9 Å². The molecule has 1 aliphatic rings. The molecule has 2 heteroatoms. The van der Waals surface area contributed by atoms with E-state index in [1.807, 2.05) is 0 Å². The van der Waals surface area contributed by atoms with Crippen molar-refractivity contribution in [1.82, 2.24) is 5.32 Å². The Hall–Kier alpha value is -0.600. The molecule has 0 aliphatic heterocycles. The van der Waals surface area contributed by atoms with Gasteiger partial charge < -0.3 is 5.32 Å². The van der Waals surface area contributed by atoms with Gasteiger partial charge in [0, 0.05) is 17.1 Å². The van der Waals surface area contributed by atoms with Crippen LogP contribution in [0.4, 0.5) is 0 Å². The summed E-state index contributed by atoms with van der Waals surface area (Å²) in [6.45, 7) is 5.46. The van der Waals surface area contributed by atoms with Gasteiger partial charge >= 0.3 is 0 Å². The third kappa shape index (κ3) is 5.06. The van der Waals surface area contributed by atoms with E-state index in [9.17, 15) is 0 Å². The normalized spacial score (nSPS) is 17.7. The monoisotopic (exact) mass is 335 g/mol. The average Bonchev–Trinajstić information content (AvgIpc) is 2.44. The molecule has 1 fully saturated rings. The molecule has 1 N–H and O–H groups in total. The van der Waals surface area contributed by atoms with Crippen LogP contribution in [0.25, 0.3) is 6.08 Å². The summed E-state index contributed by atoms with van der Waals surface area (Å²) in [7, 11) is 0. The Balaban J connectivity index is 2.15. The van der Waals surface area contributed by atoms with E-state index in [2.05, 4.69) is 65.4 Å². The molecule has 1 aliphatic carbocycles. The molecule has 0 saturated heterocycles. The fourth-order valence-corrected chi connectivity index (χ4v) is 3.34. The van der Waals surface area contributed by atoms with Gasteiger partial charge in [-0.15, -0.1) is 0 Å². The van der Waals surface area contributed by atoms with Gasteiger partial charge in [0.2, 0.25) is 0 Å². The molecular weight excluding hydrogens is 310 g/mol. The highest BCUT2D eigenvalue weighted by molar-refractivity contribution is 9.10. The van der Waals surface area contributed by atoms with Gasteiger partial charge in [-0.05, 0) is 36.5 Å². The maximum atomic E-state index is 3.60. The molecule has 0 atom stereocenters. The van der Waals surface area contributed by atoms with Crippen molar-refractivity contribution in [2.75, 3.05) is 6.54 Å². The van der Waals surface area contributed by atoms with Crippen LogP contribution < -0.4 is 5.32 Å². The SMILES string of the molecule is CC(C)NC/C(=C/c1cccc(Br)c1)C1CCCCC1. The predicted molar refractivity (Wildman–Crippen MR) is 91.8 cm³/mol. The maximum Gasteiger partial charge on any atom is 0.0181 e. The van der Waals surface area contributed by atoms with Gasteiger partial charge in [0.1, 0.15) is 0 Å². The average molecular weight is 336 g/mol. The molecular formula is C18H26BrN. The van der Waals surface area contributed by atoms with Gasteiger partial charge in [0.05, 0.1) is 0 Å². The summed E-state index contributed by atoms with van der Waals surface area (Å²) >= 11 is 3.57. The van der Waals surface area contributed by atoms with Crippen LogP contribution in [-0.2, 0) is 0 Å². The maximum absolute atomic E-state index is 3.60. The zero-order valence-electron chi connectivity index (χ0n) is 12.7. The van der Waals surface area contributed by atoms with Gasteiger partial charge in [0.25, 0.3) is 0 Å². The minimum atomic E-state index is 0.546. The minimum Gasteiger partial charge on any atom is -0.311 e. The van der Waals surface area contributed by atoms with Crippen LogP contribution in [-0.4, -0.2) is 12.6 Å². The number of nitrogens with one attached hydrogen (secondary N) is 1. The lowest BCUT2D eigenvalue weighted by molar-refractivity contribution is 0.394. The molecule has 1 aromatic rings. The fraction of sp³-hybridized carbons (Fsp3) is 0.556. The Kier molecular flexibility index (Phi) is 6.31. The Morgan fingerprint density at radius 1 is 1.30 bits per heavy atom. The fourth-order valence-electron chi connectivity index (χ4n) is 2.92. The van der Waals surface area contributed by atoms with Gasteiger partial charge in [-0.25, -0.2) is 0 Å². The van der Waals surface area contributed by atoms with Crippen LogP contribution >= 0.6 is 15.9 Å². The first-order valence-corrected chi connectivity index (χ1v) is 8.64. The number of hydrogen-bond acceptors (Lipinski definition) is 1. The van der Waals surface area contributed by atoms with Crippen molar-refractivity contribution in [3.8, 4) is 0 Å². The van der Waals surface area contributed by atoms with E-state index < -0.39 is 0 Å². The van der Waals surface area contributed by atoms with Gasteiger partial charge in [-0.2, -0.15) is 0 Å². The Bertz CT molecular complexity index is 444. The second-order valence-corrected chi connectivity index (χ2v) is 7.06. The second kappa shape index (κ2) is 7.99. The molecule has 2 rings (SSSR count). The first kappa shape index (κ1) is 15.8. The van der Waals surface area contributed by atoms with Crippen molar-refractivity contribution in [2.45, 2.75) is 52.0 Å². The quantitative estimate of drug-likeness (QED) is 0.758. The molecule has 0 spiro atoms. The van der Waals surface area contributed by atoms with Crippen LogP contribution in [0.2, 0.25) is 0 Å². The zero-order valence-corrected chi connectivity index (χ0v) is 14.2. The highest BCUT2D eigenvalue weighted by atomic mass is 79.9.